The van der Waals surface area contributed by atoms with E-state index < -0.39 is 0 Å². The molecule has 0 radical (unpaired) electrons. The summed E-state index contributed by atoms with van der Waals surface area (Å²) >= 11 is 0. The van der Waals surface area contributed by atoms with Crippen LogP contribution in [0.1, 0.15) is 32.6 Å². The second kappa shape index (κ2) is 5.94. The molecule has 1 aromatic rings. The van der Waals surface area contributed by atoms with Crippen LogP contribution in [-0.2, 0) is 0 Å². The monoisotopic (exact) mass is 249 g/mol. The Balaban J connectivity index is 1.96. The third-order valence-corrected chi connectivity index (χ3v) is 3.93. The van der Waals surface area contributed by atoms with Crippen molar-refractivity contribution in [2.45, 2.75) is 32.6 Å². The molecule has 0 aliphatic heterocycles. The van der Waals surface area contributed by atoms with Gasteiger partial charge in [0.25, 0.3) is 0 Å². The molecule has 4 nitrogen and oxygen atoms in total. The normalized spacial score (nSPS) is 23.7. The van der Waals surface area contributed by atoms with Crippen molar-refractivity contribution in [1.82, 2.24) is 4.98 Å². The fraction of sp³-hybridized carbons (Fsp3) is 0.643. The van der Waals surface area contributed by atoms with E-state index in [1.54, 1.807) is 13.2 Å². The van der Waals surface area contributed by atoms with Gasteiger partial charge in [-0.15, -0.1) is 0 Å². The van der Waals surface area contributed by atoms with Crippen LogP contribution in [0.25, 0.3) is 0 Å². The summed E-state index contributed by atoms with van der Waals surface area (Å²) < 4.78 is 5.12. The van der Waals surface area contributed by atoms with E-state index in [4.69, 9.17) is 10.5 Å². The number of nitrogens with zero attached hydrogens (tertiary/aromatic N) is 1. The summed E-state index contributed by atoms with van der Waals surface area (Å²) in [4.78, 5) is 4.34. The average Bonchev–Trinajstić information content (AvgIpc) is 2.39. The predicted octanol–water partition coefficient (Wildman–Crippen LogP) is 2.91. The Kier molecular flexibility index (Phi) is 4.28. The van der Waals surface area contributed by atoms with Gasteiger partial charge in [0, 0.05) is 12.6 Å². The van der Waals surface area contributed by atoms with Crippen molar-refractivity contribution in [2.75, 3.05) is 24.7 Å². The number of nitrogens with two attached hydrogens (primary N) is 1. The Morgan fingerprint density at radius 1 is 1.39 bits per heavy atom. The van der Waals surface area contributed by atoms with E-state index in [0.29, 0.717) is 11.6 Å². The molecule has 3 N–H and O–H groups in total. The second-order valence-electron chi connectivity index (χ2n) is 5.19. The summed E-state index contributed by atoms with van der Waals surface area (Å²) in [6, 6.07) is 3.61. The largest absolute Gasteiger partial charge is 0.481 e. The van der Waals surface area contributed by atoms with Crippen molar-refractivity contribution < 1.29 is 4.74 Å². The topological polar surface area (TPSA) is 60.2 Å². The van der Waals surface area contributed by atoms with Crippen LogP contribution in [0.5, 0.6) is 5.88 Å². The quantitative estimate of drug-likeness (QED) is 0.861. The number of nitrogen functional groups attached to an aromatic ring is 1. The molecule has 0 bridgehead atoms. The fourth-order valence-corrected chi connectivity index (χ4v) is 2.63. The maximum absolute atomic E-state index is 5.91. The van der Waals surface area contributed by atoms with E-state index in [2.05, 4.69) is 17.2 Å². The van der Waals surface area contributed by atoms with Crippen molar-refractivity contribution in [2.24, 2.45) is 11.8 Å². The van der Waals surface area contributed by atoms with Crippen LogP contribution in [-0.4, -0.2) is 18.6 Å². The van der Waals surface area contributed by atoms with E-state index in [1.165, 1.54) is 25.7 Å². The minimum Gasteiger partial charge on any atom is -0.481 e. The molecule has 1 aliphatic rings. The highest BCUT2D eigenvalue weighted by Crippen LogP contribution is 2.30. The van der Waals surface area contributed by atoms with E-state index in [1.807, 2.05) is 6.07 Å². The SMILES string of the molecule is COc1ccc(N)c(NCC2CCCCC2C)n1. The van der Waals surface area contributed by atoms with Gasteiger partial charge in [-0.05, 0) is 24.3 Å². The van der Waals surface area contributed by atoms with E-state index in [9.17, 15) is 0 Å². The number of methoxy groups -OCH3 is 1. The van der Waals surface area contributed by atoms with E-state index in [-0.39, 0.29) is 0 Å². The highest BCUT2D eigenvalue weighted by Gasteiger charge is 2.21. The molecule has 1 aromatic heterocycles. The molecule has 2 unspecified atom stereocenters. The zero-order valence-electron chi connectivity index (χ0n) is 11.3. The fourth-order valence-electron chi connectivity index (χ4n) is 2.63. The molecule has 0 aromatic carbocycles. The number of hydrogen-bond acceptors (Lipinski definition) is 4. The van der Waals surface area contributed by atoms with Crippen LogP contribution in [0.3, 0.4) is 0 Å². The van der Waals surface area contributed by atoms with Crippen LogP contribution >= 0.6 is 0 Å². The van der Waals surface area contributed by atoms with Crippen LogP contribution in [0.2, 0.25) is 0 Å². The third-order valence-electron chi connectivity index (χ3n) is 3.93. The molecule has 2 atom stereocenters. The summed E-state index contributed by atoms with van der Waals surface area (Å²) in [5.74, 6) is 2.86. The molecule has 0 spiro atoms. The first-order valence-electron chi connectivity index (χ1n) is 6.75. The van der Waals surface area contributed by atoms with Crippen LogP contribution in [0.4, 0.5) is 11.5 Å². The molecular weight excluding hydrogens is 226 g/mol. The van der Waals surface area contributed by atoms with Gasteiger partial charge in [-0.2, -0.15) is 4.98 Å². The van der Waals surface area contributed by atoms with Gasteiger partial charge in [-0.1, -0.05) is 26.2 Å². The minimum absolute atomic E-state index is 0.600. The lowest BCUT2D eigenvalue weighted by Crippen LogP contribution is -2.25. The molecular formula is C14H23N3O. The number of ether oxygens (including phenoxy) is 1. The Bertz CT molecular complexity index is 395. The third kappa shape index (κ3) is 3.06. The molecule has 1 heterocycles. The van der Waals surface area contributed by atoms with Gasteiger partial charge in [0.05, 0.1) is 12.8 Å². The Hall–Kier alpha value is -1.45. The van der Waals surface area contributed by atoms with Gasteiger partial charge < -0.3 is 15.8 Å². The Morgan fingerprint density at radius 2 is 2.17 bits per heavy atom. The van der Waals surface area contributed by atoms with Crippen LogP contribution in [0, 0.1) is 11.8 Å². The molecule has 4 heteroatoms. The number of hydrogen-bond donors (Lipinski definition) is 2. The number of anilines is 2. The summed E-state index contributed by atoms with van der Waals surface area (Å²) in [5, 5.41) is 3.37. The lowest BCUT2D eigenvalue weighted by atomic mass is 9.80. The number of rotatable bonds is 4. The van der Waals surface area contributed by atoms with Gasteiger partial charge in [-0.25, -0.2) is 0 Å². The zero-order valence-corrected chi connectivity index (χ0v) is 11.3. The highest BCUT2D eigenvalue weighted by atomic mass is 16.5. The molecule has 0 amide bonds. The number of nitrogens with one attached hydrogen (secondary N) is 1. The van der Waals surface area contributed by atoms with Crippen LogP contribution < -0.4 is 15.8 Å². The van der Waals surface area contributed by atoms with E-state index >= 15 is 0 Å². The minimum atomic E-state index is 0.600. The Morgan fingerprint density at radius 3 is 2.89 bits per heavy atom. The van der Waals surface area contributed by atoms with Gasteiger partial charge in [0.15, 0.2) is 5.82 Å². The molecule has 1 saturated carbocycles. The highest BCUT2D eigenvalue weighted by molar-refractivity contribution is 5.61. The van der Waals surface area contributed by atoms with Crippen molar-refractivity contribution in [3.05, 3.63) is 12.1 Å². The molecule has 1 fully saturated rings. The first-order valence-corrected chi connectivity index (χ1v) is 6.75. The molecule has 2 rings (SSSR count). The standard InChI is InChI=1S/C14H23N3O/c1-10-5-3-4-6-11(10)9-16-14-12(15)7-8-13(17-14)18-2/h7-8,10-11H,3-6,9,15H2,1-2H3,(H,16,17). The van der Waals surface area contributed by atoms with Gasteiger partial charge in [0.1, 0.15) is 0 Å². The Labute approximate surface area is 109 Å². The van der Waals surface area contributed by atoms with Crippen molar-refractivity contribution in [3.63, 3.8) is 0 Å². The molecule has 100 valence electrons. The van der Waals surface area contributed by atoms with Crippen molar-refractivity contribution in [3.8, 4) is 5.88 Å². The lowest BCUT2D eigenvalue weighted by Gasteiger charge is -2.29. The zero-order chi connectivity index (χ0) is 13.0. The van der Waals surface area contributed by atoms with Crippen molar-refractivity contribution >= 4 is 11.5 Å². The van der Waals surface area contributed by atoms with Gasteiger partial charge in [0.2, 0.25) is 5.88 Å². The molecule has 0 saturated heterocycles. The van der Waals surface area contributed by atoms with Crippen molar-refractivity contribution in [1.29, 1.82) is 0 Å². The smallest absolute Gasteiger partial charge is 0.215 e. The summed E-state index contributed by atoms with van der Waals surface area (Å²) in [6.07, 6.45) is 5.36. The summed E-state index contributed by atoms with van der Waals surface area (Å²) in [5.41, 5.74) is 6.59. The number of aromatic nitrogens is 1. The average molecular weight is 249 g/mol. The van der Waals surface area contributed by atoms with Gasteiger partial charge in [-0.3, -0.25) is 0 Å². The maximum Gasteiger partial charge on any atom is 0.215 e. The lowest BCUT2D eigenvalue weighted by molar-refractivity contribution is 0.268. The first-order chi connectivity index (χ1) is 8.70. The predicted molar refractivity (Wildman–Crippen MR) is 74.8 cm³/mol. The van der Waals surface area contributed by atoms with Crippen LogP contribution in [0.15, 0.2) is 12.1 Å². The first kappa shape index (κ1) is 13.0. The number of pyridine rings is 1. The van der Waals surface area contributed by atoms with Gasteiger partial charge >= 0.3 is 0 Å². The van der Waals surface area contributed by atoms with E-state index in [0.717, 1.165) is 24.2 Å². The molecule has 18 heavy (non-hydrogen) atoms. The second-order valence-corrected chi connectivity index (χ2v) is 5.19. The maximum atomic E-state index is 5.91. The molecule has 1 aliphatic carbocycles. The summed E-state index contributed by atoms with van der Waals surface area (Å²) in [6.45, 7) is 3.29. The summed E-state index contributed by atoms with van der Waals surface area (Å²) in [7, 11) is 1.62.